The first-order valence-corrected chi connectivity index (χ1v) is 8.96. The molecule has 2 aliphatic heterocycles. The lowest BCUT2D eigenvalue weighted by Gasteiger charge is -2.20. The smallest absolute Gasteiger partial charge is 0.243 e. The molecule has 1 aromatic carbocycles. The predicted molar refractivity (Wildman–Crippen MR) is 88.3 cm³/mol. The lowest BCUT2D eigenvalue weighted by Crippen LogP contribution is -2.30. The normalized spacial score (nSPS) is 21.8. The van der Waals surface area contributed by atoms with Gasteiger partial charge in [-0.3, -0.25) is 0 Å². The number of rotatable bonds is 4. The predicted octanol–water partition coefficient (Wildman–Crippen LogP) is 1.66. The van der Waals surface area contributed by atoms with Crippen LogP contribution in [0.2, 0.25) is 0 Å². The molecule has 0 aliphatic carbocycles. The molecule has 1 unspecified atom stereocenters. The second-order valence-corrected chi connectivity index (χ2v) is 7.73. The molecule has 0 bridgehead atoms. The molecule has 1 saturated heterocycles. The molecule has 3 rings (SSSR count). The van der Waals surface area contributed by atoms with E-state index in [-0.39, 0.29) is 12.4 Å². The number of sulfonamides is 1. The fourth-order valence-electron chi connectivity index (χ4n) is 3.12. The van der Waals surface area contributed by atoms with Gasteiger partial charge >= 0.3 is 0 Å². The topological polar surface area (TPSA) is 58.6 Å². The van der Waals surface area contributed by atoms with Crippen molar-refractivity contribution in [3.63, 3.8) is 0 Å². The number of nitrogens with one attached hydrogen (secondary N) is 1. The van der Waals surface area contributed by atoms with Crippen LogP contribution in [-0.2, 0) is 16.4 Å². The monoisotopic (exact) mass is 346 g/mol. The van der Waals surface area contributed by atoms with Crippen LogP contribution >= 0.6 is 12.4 Å². The zero-order chi connectivity index (χ0) is 14.9. The number of aryl methyl sites for hydroxylation is 1. The quantitative estimate of drug-likeness (QED) is 0.901. The number of ether oxygens (including phenoxy) is 1. The van der Waals surface area contributed by atoms with Crippen LogP contribution in [-0.4, -0.2) is 46.0 Å². The third-order valence-electron chi connectivity index (χ3n) is 4.26. The molecule has 0 spiro atoms. The summed E-state index contributed by atoms with van der Waals surface area (Å²) in [6, 6.07) is 5.25. The van der Waals surface area contributed by atoms with Gasteiger partial charge in [-0.2, -0.15) is 4.31 Å². The Balaban J connectivity index is 0.00000176. The summed E-state index contributed by atoms with van der Waals surface area (Å²) in [5.41, 5.74) is 1.01. The maximum absolute atomic E-state index is 12.7. The van der Waals surface area contributed by atoms with Crippen molar-refractivity contribution in [2.24, 2.45) is 5.92 Å². The maximum atomic E-state index is 12.7. The Morgan fingerprint density at radius 3 is 3.00 bits per heavy atom. The average molecular weight is 347 g/mol. The molecule has 22 heavy (non-hydrogen) atoms. The molecule has 0 amide bonds. The summed E-state index contributed by atoms with van der Waals surface area (Å²) < 4.78 is 32.6. The van der Waals surface area contributed by atoms with E-state index in [9.17, 15) is 8.42 Å². The van der Waals surface area contributed by atoms with Crippen molar-refractivity contribution in [3.05, 3.63) is 23.8 Å². The molecule has 1 aromatic rings. The Bertz CT molecular complexity index is 621. The van der Waals surface area contributed by atoms with Gasteiger partial charge in [0.1, 0.15) is 5.75 Å². The van der Waals surface area contributed by atoms with Gasteiger partial charge in [0.05, 0.1) is 11.5 Å². The van der Waals surface area contributed by atoms with Gasteiger partial charge < -0.3 is 10.1 Å². The highest BCUT2D eigenvalue weighted by molar-refractivity contribution is 7.89. The fraction of sp³-hybridized carbons (Fsp3) is 0.600. The van der Waals surface area contributed by atoms with Gasteiger partial charge in [-0.1, -0.05) is 0 Å². The summed E-state index contributed by atoms with van der Waals surface area (Å²) in [5, 5.41) is 3.12. The third kappa shape index (κ3) is 3.40. The van der Waals surface area contributed by atoms with Gasteiger partial charge in [-0.15, -0.1) is 12.4 Å². The minimum atomic E-state index is -3.37. The van der Waals surface area contributed by atoms with Crippen molar-refractivity contribution < 1.29 is 13.2 Å². The first kappa shape index (κ1) is 17.5. The van der Waals surface area contributed by atoms with E-state index in [1.54, 1.807) is 22.5 Å². The van der Waals surface area contributed by atoms with E-state index >= 15 is 0 Å². The van der Waals surface area contributed by atoms with Crippen LogP contribution in [0, 0.1) is 5.92 Å². The molecule has 7 heteroatoms. The van der Waals surface area contributed by atoms with Crippen LogP contribution < -0.4 is 10.1 Å². The molecular weight excluding hydrogens is 324 g/mol. The van der Waals surface area contributed by atoms with Crippen LogP contribution in [0.25, 0.3) is 0 Å². The largest absolute Gasteiger partial charge is 0.493 e. The van der Waals surface area contributed by atoms with Gasteiger partial charge in [0.15, 0.2) is 0 Å². The van der Waals surface area contributed by atoms with E-state index in [2.05, 4.69) is 5.32 Å². The molecule has 5 nitrogen and oxygen atoms in total. The van der Waals surface area contributed by atoms with E-state index < -0.39 is 10.0 Å². The van der Waals surface area contributed by atoms with Crippen molar-refractivity contribution in [1.82, 2.24) is 9.62 Å². The number of hydrogen-bond acceptors (Lipinski definition) is 4. The van der Waals surface area contributed by atoms with E-state index in [0.717, 1.165) is 43.7 Å². The highest BCUT2D eigenvalue weighted by Crippen LogP contribution is 2.30. The van der Waals surface area contributed by atoms with E-state index in [4.69, 9.17) is 4.74 Å². The second kappa shape index (κ2) is 7.17. The van der Waals surface area contributed by atoms with Gasteiger partial charge in [0, 0.05) is 13.1 Å². The molecule has 1 fully saturated rings. The minimum absolute atomic E-state index is 0. The van der Waals surface area contributed by atoms with Gasteiger partial charge in [-0.05, 0) is 62.5 Å². The molecule has 1 atom stereocenters. The molecule has 1 N–H and O–H groups in total. The Kier molecular flexibility index (Phi) is 5.71. The Labute approximate surface area is 138 Å². The third-order valence-corrected chi connectivity index (χ3v) is 6.12. The van der Waals surface area contributed by atoms with Gasteiger partial charge in [0.2, 0.25) is 10.0 Å². The van der Waals surface area contributed by atoms with Crippen LogP contribution in [0.3, 0.4) is 0 Å². The summed E-state index contributed by atoms with van der Waals surface area (Å²) >= 11 is 0. The lowest BCUT2D eigenvalue weighted by molar-refractivity contribution is 0.288. The van der Waals surface area contributed by atoms with Crippen molar-refractivity contribution in [2.45, 2.75) is 24.2 Å². The fourth-order valence-corrected chi connectivity index (χ4v) is 4.70. The van der Waals surface area contributed by atoms with Crippen molar-refractivity contribution in [2.75, 3.05) is 33.3 Å². The molecule has 0 radical (unpaired) electrons. The number of halogens is 1. The molecule has 0 aromatic heterocycles. The number of fused-ring (bicyclic) bond motifs is 1. The SMILES string of the molecule is CNCC1CCN(S(=O)(=O)c2ccc3c(c2)CCCO3)C1.Cl. The molecule has 2 heterocycles. The second-order valence-electron chi connectivity index (χ2n) is 5.80. The van der Waals surface area contributed by atoms with E-state index in [1.807, 2.05) is 7.05 Å². The van der Waals surface area contributed by atoms with Crippen molar-refractivity contribution in [1.29, 1.82) is 0 Å². The zero-order valence-electron chi connectivity index (χ0n) is 12.7. The van der Waals surface area contributed by atoms with Crippen LogP contribution in [0.15, 0.2) is 23.1 Å². The summed E-state index contributed by atoms with van der Waals surface area (Å²) in [6.07, 6.45) is 2.76. The van der Waals surface area contributed by atoms with Crippen molar-refractivity contribution >= 4 is 22.4 Å². The van der Waals surface area contributed by atoms with Gasteiger partial charge in [-0.25, -0.2) is 8.42 Å². The summed E-state index contributed by atoms with van der Waals surface area (Å²) in [4.78, 5) is 0.400. The number of benzene rings is 1. The van der Waals surface area contributed by atoms with Crippen molar-refractivity contribution in [3.8, 4) is 5.75 Å². The van der Waals surface area contributed by atoms with E-state index in [0.29, 0.717) is 23.9 Å². The Morgan fingerprint density at radius 1 is 1.41 bits per heavy atom. The number of hydrogen-bond donors (Lipinski definition) is 1. The summed E-state index contributed by atoms with van der Waals surface area (Å²) in [6.45, 7) is 2.81. The van der Waals surface area contributed by atoms with Crippen LogP contribution in [0.5, 0.6) is 5.75 Å². The first-order valence-electron chi connectivity index (χ1n) is 7.52. The first-order chi connectivity index (χ1) is 10.1. The molecular formula is C15H23ClN2O3S. The van der Waals surface area contributed by atoms with Crippen LogP contribution in [0.4, 0.5) is 0 Å². The summed E-state index contributed by atoms with van der Waals surface area (Å²) in [5.74, 6) is 1.24. The number of nitrogens with zero attached hydrogens (tertiary/aromatic N) is 1. The Morgan fingerprint density at radius 2 is 2.23 bits per heavy atom. The summed E-state index contributed by atoms with van der Waals surface area (Å²) in [7, 11) is -1.47. The molecule has 124 valence electrons. The Hall–Kier alpha value is -0.820. The maximum Gasteiger partial charge on any atom is 0.243 e. The molecule has 0 saturated carbocycles. The standard InChI is InChI=1S/C15H22N2O3S.ClH/c1-16-10-12-6-7-17(11-12)21(18,19)14-4-5-15-13(9-14)3-2-8-20-15;/h4-5,9,12,16H,2-3,6-8,10-11H2,1H3;1H. The highest BCUT2D eigenvalue weighted by Gasteiger charge is 2.32. The van der Waals surface area contributed by atoms with Crippen LogP contribution in [0.1, 0.15) is 18.4 Å². The lowest BCUT2D eigenvalue weighted by atomic mass is 10.1. The zero-order valence-corrected chi connectivity index (χ0v) is 14.4. The van der Waals surface area contributed by atoms with Gasteiger partial charge in [0.25, 0.3) is 0 Å². The highest BCUT2D eigenvalue weighted by atomic mass is 35.5. The van der Waals surface area contributed by atoms with E-state index in [1.165, 1.54) is 0 Å². The average Bonchev–Trinajstić information content (AvgIpc) is 2.96. The minimum Gasteiger partial charge on any atom is -0.493 e. The molecule has 2 aliphatic rings.